The average Bonchev–Trinajstić information content (AvgIpc) is 2.82. The lowest BCUT2D eigenvalue weighted by molar-refractivity contribution is 0.402. The average molecular weight is 259 g/mol. The highest BCUT2D eigenvalue weighted by Gasteiger charge is 2.34. The van der Waals surface area contributed by atoms with E-state index in [1.54, 1.807) is 12.1 Å². The summed E-state index contributed by atoms with van der Waals surface area (Å²) in [5, 5.41) is 0. The Bertz CT molecular complexity index is 524. The summed E-state index contributed by atoms with van der Waals surface area (Å²) in [5.41, 5.74) is 6.51. The highest BCUT2D eigenvalue weighted by atomic mass is 19.1. The van der Waals surface area contributed by atoms with Gasteiger partial charge in [-0.1, -0.05) is 24.3 Å². The van der Waals surface area contributed by atoms with Crippen molar-refractivity contribution in [1.29, 1.82) is 0 Å². The third-order valence-electron chi connectivity index (χ3n) is 3.98. The minimum absolute atomic E-state index is 0.182. The monoisotopic (exact) mass is 259 g/mol. The first kappa shape index (κ1) is 12.2. The molecule has 1 heterocycles. The quantitative estimate of drug-likeness (QED) is 0.830. The van der Waals surface area contributed by atoms with E-state index in [0.717, 1.165) is 19.3 Å². The van der Waals surface area contributed by atoms with Crippen LogP contribution in [0.3, 0.4) is 0 Å². The Morgan fingerprint density at radius 2 is 2.11 bits per heavy atom. The van der Waals surface area contributed by atoms with Gasteiger partial charge in [0.05, 0.1) is 18.3 Å². The molecule has 2 aliphatic rings. The van der Waals surface area contributed by atoms with E-state index in [9.17, 15) is 4.39 Å². The number of benzene rings is 1. The molecule has 0 saturated heterocycles. The molecule has 0 saturated carbocycles. The van der Waals surface area contributed by atoms with Crippen LogP contribution in [-0.2, 0) is 0 Å². The summed E-state index contributed by atoms with van der Waals surface area (Å²) in [4.78, 5) is 6.20. The van der Waals surface area contributed by atoms with Gasteiger partial charge < -0.3 is 10.6 Å². The lowest BCUT2D eigenvalue weighted by Crippen LogP contribution is -2.45. The number of allylic oxidation sites excluding steroid dienone is 2. The Balaban J connectivity index is 1.90. The number of anilines is 1. The smallest absolute Gasteiger partial charge is 0.196 e. The van der Waals surface area contributed by atoms with Crippen molar-refractivity contribution in [3.8, 4) is 0 Å². The second-order valence-corrected chi connectivity index (χ2v) is 5.13. The topological polar surface area (TPSA) is 41.6 Å². The van der Waals surface area contributed by atoms with E-state index in [1.165, 1.54) is 6.07 Å². The van der Waals surface area contributed by atoms with Gasteiger partial charge in [-0.05, 0) is 37.3 Å². The van der Waals surface area contributed by atoms with Gasteiger partial charge in [0.2, 0.25) is 0 Å². The number of guanidine groups is 1. The van der Waals surface area contributed by atoms with Gasteiger partial charge in [0.25, 0.3) is 0 Å². The molecule has 0 bridgehead atoms. The molecule has 0 fully saturated rings. The van der Waals surface area contributed by atoms with Crippen molar-refractivity contribution >= 4 is 11.6 Å². The van der Waals surface area contributed by atoms with Crippen LogP contribution >= 0.6 is 0 Å². The molecule has 1 aromatic carbocycles. The number of nitrogens with two attached hydrogens (primary N) is 1. The number of aliphatic imine (C=N–C) groups is 1. The predicted octanol–water partition coefficient (Wildman–Crippen LogP) is 2.69. The van der Waals surface area contributed by atoms with Crippen LogP contribution in [0.4, 0.5) is 10.1 Å². The zero-order valence-electron chi connectivity index (χ0n) is 10.8. The molecule has 3 nitrogen and oxygen atoms in total. The van der Waals surface area contributed by atoms with E-state index >= 15 is 0 Å². The van der Waals surface area contributed by atoms with Gasteiger partial charge in [0.15, 0.2) is 5.96 Å². The van der Waals surface area contributed by atoms with E-state index in [4.69, 9.17) is 5.73 Å². The Hall–Kier alpha value is -1.84. The predicted molar refractivity (Wildman–Crippen MR) is 75.6 cm³/mol. The van der Waals surface area contributed by atoms with Crippen LogP contribution in [0.15, 0.2) is 41.4 Å². The summed E-state index contributed by atoms with van der Waals surface area (Å²) in [5.74, 6) is 0.693. The molecular weight excluding hydrogens is 241 g/mol. The fourth-order valence-corrected chi connectivity index (χ4v) is 2.99. The molecular formula is C15H18FN3. The van der Waals surface area contributed by atoms with Crippen molar-refractivity contribution in [3.05, 3.63) is 42.2 Å². The van der Waals surface area contributed by atoms with E-state index in [-0.39, 0.29) is 11.9 Å². The normalized spacial score (nSPS) is 26.6. The summed E-state index contributed by atoms with van der Waals surface area (Å²) in [6, 6.07) is 6.96. The van der Waals surface area contributed by atoms with Crippen LogP contribution in [0.5, 0.6) is 0 Å². The van der Waals surface area contributed by atoms with E-state index in [0.29, 0.717) is 24.1 Å². The molecule has 3 rings (SSSR count). The van der Waals surface area contributed by atoms with E-state index < -0.39 is 0 Å². The molecule has 0 radical (unpaired) electrons. The molecule has 2 N–H and O–H groups in total. The SMILES string of the molecule is NC1=NCC(C2CC=CCC2)N1c1ccccc1F. The van der Waals surface area contributed by atoms with E-state index in [1.807, 2.05) is 11.0 Å². The van der Waals surface area contributed by atoms with Crippen LogP contribution in [0.25, 0.3) is 0 Å². The third-order valence-corrected chi connectivity index (χ3v) is 3.98. The van der Waals surface area contributed by atoms with Gasteiger partial charge in [-0.2, -0.15) is 0 Å². The highest BCUT2D eigenvalue weighted by molar-refractivity contribution is 5.97. The summed E-state index contributed by atoms with van der Waals surface area (Å²) in [6.45, 7) is 0.665. The molecule has 1 aliphatic carbocycles. The zero-order chi connectivity index (χ0) is 13.2. The minimum atomic E-state index is -0.237. The summed E-state index contributed by atoms with van der Waals surface area (Å²) < 4.78 is 14.0. The fourth-order valence-electron chi connectivity index (χ4n) is 2.99. The third kappa shape index (κ3) is 2.23. The Labute approximate surface area is 112 Å². The maximum atomic E-state index is 14.0. The number of para-hydroxylation sites is 1. The molecule has 100 valence electrons. The Kier molecular flexibility index (Phi) is 3.23. The Morgan fingerprint density at radius 3 is 2.84 bits per heavy atom. The van der Waals surface area contributed by atoms with Gasteiger partial charge >= 0.3 is 0 Å². The molecule has 0 aromatic heterocycles. The first-order chi connectivity index (χ1) is 9.27. The van der Waals surface area contributed by atoms with Crippen LogP contribution in [0, 0.1) is 11.7 Å². The number of halogens is 1. The van der Waals surface area contributed by atoms with Crippen molar-refractivity contribution in [2.75, 3.05) is 11.4 Å². The summed E-state index contributed by atoms with van der Waals surface area (Å²) in [7, 11) is 0. The van der Waals surface area contributed by atoms with Crippen molar-refractivity contribution in [2.45, 2.75) is 25.3 Å². The molecule has 2 unspecified atom stereocenters. The maximum Gasteiger partial charge on any atom is 0.196 e. The summed E-state index contributed by atoms with van der Waals surface area (Å²) >= 11 is 0. The standard InChI is InChI=1S/C15H18FN3/c16-12-8-4-5-9-13(12)19-14(10-18-15(19)17)11-6-2-1-3-7-11/h1-2,4-5,8-9,11,14H,3,6-7,10H2,(H2,17,18). The van der Waals surface area contributed by atoms with E-state index in [2.05, 4.69) is 17.1 Å². The highest BCUT2D eigenvalue weighted by Crippen LogP contribution is 2.32. The molecule has 0 spiro atoms. The number of hydrogen-bond donors (Lipinski definition) is 1. The lowest BCUT2D eigenvalue weighted by atomic mass is 9.87. The lowest BCUT2D eigenvalue weighted by Gasteiger charge is -2.33. The van der Waals surface area contributed by atoms with Crippen molar-refractivity contribution in [1.82, 2.24) is 0 Å². The molecule has 1 aliphatic heterocycles. The van der Waals surface area contributed by atoms with Gasteiger partial charge in [-0.25, -0.2) is 4.39 Å². The number of nitrogens with zero attached hydrogens (tertiary/aromatic N) is 2. The van der Waals surface area contributed by atoms with Crippen LogP contribution in [0.2, 0.25) is 0 Å². The zero-order valence-corrected chi connectivity index (χ0v) is 10.8. The fraction of sp³-hybridized carbons (Fsp3) is 0.400. The number of hydrogen-bond acceptors (Lipinski definition) is 3. The second-order valence-electron chi connectivity index (χ2n) is 5.13. The molecule has 0 amide bonds. The van der Waals surface area contributed by atoms with Crippen molar-refractivity contribution in [3.63, 3.8) is 0 Å². The second kappa shape index (κ2) is 5.03. The molecule has 1 aromatic rings. The van der Waals surface area contributed by atoms with Crippen LogP contribution in [-0.4, -0.2) is 18.5 Å². The number of rotatable bonds is 2. The minimum Gasteiger partial charge on any atom is -0.370 e. The van der Waals surface area contributed by atoms with Gasteiger partial charge in [0, 0.05) is 0 Å². The van der Waals surface area contributed by atoms with Crippen LogP contribution < -0.4 is 10.6 Å². The van der Waals surface area contributed by atoms with Gasteiger partial charge in [-0.3, -0.25) is 4.99 Å². The molecule has 4 heteroatoms. The first-order valence-corrected chi connectivity index (χ1v) is 6.76. The first-order valence-electron chi connectivity index (χ1n) is 6.76. The van der Waals surface area contributed by atoms with Gasteiger partial charge in [-0.15, -0.1) is 0 Å². The van der Waals surface area contributed by atoms with Crippen molar-refractivity contribution in [2.24, 2.45) is 16.6 Å². The molecule has 2 atom stereocenters. The molecule has 19 heavy (non-hydrogen) atoms. The summed E-state index contributed by atoms with van der Waals surface area (Å²) in [6.07, 6.45) is 7.66. The van der Waals surface area contributed by atoms with Gasteiger partial charge in [0.1, 0.15) is 5.82 Å². The largest absolute Gasteiger partial charge is 0.370 e. The van der Waals surface area contributed by atoms with Crippen LogP contribution in [0.1, 0.15) is 19.3 Å². The van der Waals surface area contributed by atoms with Crippen molar-refractivity contribution < 1.29 is 4.39 Å². The Morgan fingerprint density at radius 1 is 1.26 bits per heavy atom. The maximum absolute atomic E-state index is 14.0.